The lowest BCUT2D eigenvalue weighted by Gasteiger charge is -2.33. The molecule has 1 aliphatic heterocycles. The maximum atomic E-state index is 14.6. The van der Waals surface area contributed by atoms with E-state index in [1.807, 2.05) is 4.90 Å². The predicted octanol–water partition coefficient (Wildman–Crippen LogP) is 4.63. The Balaban J connectivity index is 1.66. The first kappa shape index (κ1) is 23.5. The minimum absolute atomic E-state index is 0.104. The normalized spacial score (nSPS) is 15.8. The summed E-state index contributed by atoms with van der Waals surface area (Å²) in [6.07, 6.45) is -0.616. The summed E-state index contributed by atoms with van der Waals surface area (Å²) in [6, 6.07) is 4.61. The zero-order valence-electron chi connectivity index (χ0n) is 17.8. The van der Waals surface area contributed by atoms with Crippen LogP contribution in [0.4, 0.5) is 23.4 Å². The lowest BCUT2D eigenvalue weighted by Crippen LogP contribution is -2.37. The van der Waals surface area contributed by atoms with Gasteiger partial charge in [-0.05, 0) is 31.0 Å². The van der Waals surface area contributed by atoms with Crippen LogP contribution in [-0.2, 0) is 11.3 Å². The third-order valence-corrected chi connectivity index (χ3v) is 5.51. The number of furan rings is 1. The molecule has 13 heteroatoms. The summed E-state index contributed by atoms with van der Waals surface area (Å²) in [5.41, 5.74) is 8.35. The summed E-state index contributed by atoms with van der Waals surface area (Å²) in [5.74, 6) is 5.27. The van der Waals surface area contributed by atoms with E-state index in [4.69, 9.17) is 20.5 Å². The van der Waals surface area contributed by atoms with Gasteiger partial charge in [-0.1, -0.05) is 0 Å². The summed E-state index contributed by atoms with van der Waals surface area (Å²) < 4.78 is 61.9. The molecular weight excluding hydrogens is 458 g/mol. The third kappa shape index (κ3) is 5.14. The van der Waals surface area contributed by atoms with Gasteiger partial charge in [0.05, 0.1) is 24.8 Å². The van der Waals surface area contributed by atoms with E-state index in [2.05, 4.69) is 20.2 Å². The molecule has 3 heterocycles. The number of alkyl halides is 3. The number of amidine groups is 1. The van der Waals surface area contributed by atoms with E-state index in [9.17, 15) is 17.6 Å². The van der Waals surface area contributed by atoms with Gasteiger partial charge in [0.25, 0.3) is 0 Å². The molecule has 0 unspecified atom stereocenters. The topological polar surface area (TPSA) is 126 Å². The lowest BCUT2D eigenvalue weighted by molar-refractivity contribution is -0.176. The zero-order chi connectivity index (χ0) is 24.3. The number of hydrogen-bond donors (Lipinski definition) is 2. The van der Waals surface area contributed by atoms with Gasteiger partial charge in [0.1, 0.15) is 12.3 Å². The van der Waals surface area contributed by atoms with E-state index in [1.165, 1.54) is 18.5 Å². The second kappa shape index (κ2) is 9.71. The smallest absolute Gasteiger partial charge is 0.411 e. The molecule has 1 aromatic carbocycles. The van der Waals surface area contributed by atoms with E-state index >= 15 is 0 Å². The van der Waals surface area contributed by atoms with Crippen LogP contribution in [-0.4, -0.2) is 41.7 Å². The quantitative estimate of drug-likeness (QED) is 0.133. The Morgan fingerprint density at radius 2 is 2.06 bits per heavy atom. The molecule has 1 saturated heterocycles. The van der Waals surface area contributed by atoms with Crippen LogP contribution in [0.5, 0.6) is 0 Å². The van der Waals surface area contributed by atoms with Crippen LogP contribution in [0.3, 0.4) is 0 Å². The molecule has 34 heavy (non-hydrogen) atoms. The molecule has 1 fully saturated rings. The number of hydrazone groups is 1. The number of anilines is 1. The highest BCUT2D eigenvalue weighted by atomic mass is 19.4. The van der Waals surface area contributed by atoms with Crippen LogP contribution in [0.2, 0.25) is 0 Å². The number of nitrogens with two attached hydrogens (primary N) is 1. The van der Waals surface area contributed by atoms with E-state index in [-0.39, 0.29) is 29.6 Å². The van der Waals surface area contributed by atoms with Gasteiger partial charge in [-0.25, -0.2) is 14.9 Å². The number of ether oxygens (including phenoxy) is 1. The van der Waals surface area contributed by atoms with Gasteiger partial charge < -0.3 is 19.9 Å². The van der Waals surface area contributed by atoms with Crippen molar-refractivity contribution in [1.29, 1.82) is 5.53 Å². The molecule has 0 radical (unpaired) electrons. The van der Waals surface area contributed by atoms with E-state index < -0.39 is 18.6 Å². The second-order valence-corrected chi connectivity index (χ2v) is 7.80. The molecule has 4 rings (SSSR count). The van der Waals surface area contributed by atoms with Crippen LogP contribution < -0.4 is 10.7 Å². The summed E-state index contributed by atoms with van der Waals surface area (Å²) in [7, 11) is 0. The Morgan fingerprint density at radius 1 is 1.29 bits per heavy atom. The van der Waals surface area contributed by atoms with Crippen molar-refractivity contribution in [2.45, 2.75) is 25.6 Å². The first-order valence-corrected chi connectivity index (χ1v) is 10.4. The first-order chi connectivity index (χ1) is 16.3. The fraction of sp³-hybridized carbons (Fsp3) is 0.381. The molecule has 0 aliphatic carbocycles. The number of fused-ring (bicyclic) bond motifs is 1. The van der Waals surface area contributed by atoms with Gasteiger partial charge in [0, 0.05) is 30.0 Å². The highest BCUT2D eigenvalue weighted by molar-refractivity contribution is 5.86. The number of halogens is 4. The summed E-state index contributed by atoms with van der Waals surface area (Å²) in [5, 5.41) is 7.46. The number of benzene rings is 1. The van der Waals surface area contributed by atoms with Crippen molar-refractivity contribution in [3.63, 3.8) is 0 Å². The fourth-order valence-corrected chi connectivity index (χ4v) is 3.93. The van der Waals surface area contributed by atoms with Crippen molar-refractivity contribution >= 4 is 22.6 Å². The molecule has 0 saturated carbocycles. The highest BCUT2D eigenvalue weighted by Gasteiger charge is 2.29. The van der Waals surface area contributed by atoms with Gasteiger partial charge in [-0.2, -0.15) is 18.3 Å². The number of nitrogens with zero attached hydrogens (tertiary/aromatic N) is 5. The third-order valence-electron chi connectivity index (χ3n) is 5.51. The molecule has 3 N–H and O–H groups in total. The highest BCUT2D eigenvalue weighted by Crippen LogP contribution is 2.34. The summed E-state index contributed by atoms with van der Waals surface area (Å²) in [4.78, 5) is 10.8. The maximum absolute atomic E-state index is 14.6. The Labute approximate surface area is 191 Å². The van der Waals surface area contributed by atoms with Crippen molar-refractivity contribution in [3.8, 4) is 11.3 Å². The molecule has 0 amide bonds. The number of nitrogens with one attached hydrogen (secondary N) is 1. The minimum Gasteiger partial charge on any atom is -0.461 e. The molecule has 1 aliphatic rings. The average Bonchev–Trinajstić information content (AvgIpc) is 3.29. The maximum Gasteiger partial charge on any atom is 0.411 e. The van der Waals surface area contributed by atoms with Crippen molar-refractivity contribution in [3.05, 3.63) is 42.2 Å². The van der Waals surface area contributed by atoms with Crippen LogP contribution in [0.15, 0.2) is 45.3 Å². The van der Waals surface area contributed by atoms with Crippen LogP contribution in [0.1, 0.15) is 18.5 Å². The SMILES string of the molecule is N=N/C(=N\N)C1CCN(c2nc(COCC(F)(F)F)cnc2-c2cc(F)c3occc3c2)CC1. The molecule has 3 aromatic rings. The van der Waals surface area contributed by atoms with Gasteiger partial charge in [0.15, 0.2) is 23.1 Å². The van der Waals surface area contributed by atoms with Crippen molar-refractivity contribution in [1.82, 2.24) is 9.97 Å². The fourth-order valence-electron chi connectivity index (χ4n) is 3.93. The van der Waals surface area contributed by atoms with Crippen molar-refractivity contribution in [2.24, 2.45) is 22.0 Å². The van der Waals surface area contributed by atoms with Gasteiger partial charge >= 0.3 is 6.18 Å². The first-order valence-electron chi connectivity index (χ1n) is 10.4. The van der Waals surface area contributed by atoms with Crippen molar-refractivity contribution in [2.75, 3.05) is 24.6 Å². The number of aromatic nitrogens is 2. The van der Waals surface area contributed by atoms with Crippen LogP contribution in [0, 0.1) is 17.3 Å². The number of hydrogen-bond acceptors (Lipinski definition) is 8. The number of rotatable bonds is 6. The summed E-state index contributed by atoms with van der Waals surface area (Å²) >= 11 is 0. The molecule has 2 aromatic heterocycles. The van der Waals surface area contributed by atoms with Gasteiger partial charge in [0.2, 0.25) is 0 Å². The molecule has 0 bridgehead atoms. The Bertz CT molecular complexity index is 1200. The summed E-state index contributed by atoms with van der Waals surface area (Å²) in [6.45, 7) is -0.835. The molecule has 0 spiro atoms. The zero-order valence-corrected chi connectivity index (χ0v) is 17.8. The molecule has 9 nitrogen and oxygen atoms in total. The average molecular weight is 479 g/mol. The predicted molar refractivity (Wildman–Crippen MR) is 115 cm³/mol. The number of piperidine rings is 1. The standard InChI is InChI=1S/C21H21F4N7O2/c22-16-8-14(7-13-3-6-34-18(13)16)17-20(29-15(9-28-17)10-33-11-21(23,24)25)32-4-1-12(2-5-32)19(30-26)31-27/h3,6-9,12,26H,1-2,4-5,10-11,27H2/b30-26?,31-19-. The Kier molecular flexibility index (Phi) is 6.72. The monoisotopic (exact) mass is 479 g/mol. The lowest BCUT2D eigenvalue weighted by atomic mass is 9.95. The minimum atomic E-state index is -4.46. The Hall–Kier alpha value is -3.61. The Morgan fingerprint density at radius 3 is 2.74 bits per heavy atom. The van der Waals surface area contributed by atoms with E-state index in [0.29, 0.717) is 48.4 Å². The van der Waals surface area contributed by atoms with Crippen LogP contribution >= 0.6 is 0 Å². The largest absolute Gasteiger partial charge is 0.461 e. The van der Waals surface area contributed by atoms with E-state index in [0.717, 1.165) is 0 Å². The van der Waals surface area contributed by atoms with Gasteiger partial charge in [-0.15, -0.1) is 5.11 Å². The molecular formula is C21H21F4N7O2. The molecule has 0 atom stereocenters. The van der Waals surface area contributed by atoms with E-state index in [1.54, 1.807) is 12.1 Å². The second-order valence-electron chi connectivity index (χ2n) is 7.80. The van der Waals surface area contributed by atoms with Gasteiger partial charge in [-0.3, -0.25) is 4.98 Å². The van der Waals surface area contributed by atoms with Crippen molar-refractivity contribution < 1.29 is 26.7 Å². The van der Waals surface area contributed by atoms with Crippen LogP contribution in [0.25, 0.3) is 22.2 Å². The molecule has 180 valence electrons.